The SMILES string of the molecule is Cc1ccc(C)c(C(O)c2cc(Br)c(Br)s2)c1. The zero-order valence-electron chi connectivity index (χ0n) is 9.50. The van der Waals surface area contributed by atoms with Crippen LogP contribution in [0.1, 0.15) is 27.7 Å². The zero-order chi connectivity index (χ0) is 12.6. The van der Waals surface area contributed by atoms with Gasteiger partial charge in [-0.3, -0.25) is 0 Å². The first-order chi connectivity index (χ1) is 7.99. The zero-order valence-corrected chi connectivity index (χ0v) is 13.5. The number of benzene rings is 1. The van der Waals surface area contributed by atoms with Gasteiger partial charge in [0.05, 0.1) is 3.79 Å². The summed E-state index contributed by atoms with van der Waals surface area (Å²) in [7, 11) is 0. The monoisotopic (exact) mass is 374 g/mol. The Morgan fingerprint density at radius 3 is 2.47 bits per heavy atom. The Morgan fingerprint density at radius 1 is 1.18 bits per heavy atom. The normalized spacial score (nSPS) is 12.8. The molecular weight excluding hydrogens is 364 g/mol. The molecule has 0 aliphatic carbocycles. The van der Waals surface area contributed by atoms with Crippen LogP contribution in [0, 0.1) is 13.8 Å². The molecule has 4 heteroatoms. The minimum absolute atomic E-state index is 0.553. The van der Waals surface area contributed by atoms with Crippen molar-refractivity contribution in [3.63, 3.8) is 0 Å². The molecule has 1 heterocycles. The Hall–Kier alpha value is -0.160. The smallest absolute Gasteiger partial charge is 0.114 e. The van der Waals surface area contributed by atoms with E-state index < -0.39 is 6.10 Å². The van der Waals surface area contributed by atoms with Gasteiger partial charge in [-0.15, -0.1) is 11.3 Å². The Kier molecular flexibility index (Phi) is 4.08. The van der Waals surface area contributed by atoms with Crippen LogP contribution < -0.4 is 0 Å². The lowest BCUT2D eigenvalue weighted by Gasteiger charge is -2.12. The number of aliphatic hydroxyl groups excluding tert-OH is 1. The lowest BCUT2D eigenvalue weighted by atomic mass is 10.00. The summed E-state index contributed by atoms with van der Waals surface area (Å²) < 4.78 is 2.00. The minimum atomic E-state index is -0.553. The van der Waals surface area contributed by atoms with Crippen LogP contribution in [0.5, 0.6) is 0 Å². The molecular formula is C13H12Br2OS. The Labute approximate surface area is 122 Å². The van der Waals surface area contributed by atoms with Crippen LogP contribution in [0.4, 0.5) is 0 Å². The van der Waals surface area contributed by atoms with Crippen LogP contribution in [0.15, 0.2) is 32.5 Å². The molecule has 17 heavy (non-hydrogen) atoms. The van der Waals surface area contributed by atoms with Crippen molar-refractivity contribution in [2.45, 2.75) is 20.0 Å². The second kappa shape index (κ2) is 5.22. The van der Waals surface area contributed by atoms with Crippen LogP contribution in [-0.4, -0.2) is 5.11 Å². The molecule has 1 N–H and O–H groups in total. The van der Waals surface area contributed by atoms with Gasteiger partial charge in [-0.1, -0.05) is 23.8 Å². The second-order valence-corrected chi connectivity index (χ2v) is 7.29. The molecule has 2 rings (SSSR count). The summed E-state index contributed by atoms with van der Waals surface area (Å²) in [6.45, 7) is 4.06. The summed E-state index contributed by atoms with van der Waals surface area (Å²) in [4.78, 5) is 0.942. The fraction of sp³-hybridized carbons (Fsp3) is 0.231. The topological polar surface area (TPSA) is 20.2 Å². The van der Waals surface area contributed by atoms with Crippen molar-refractivity contribution in [2.75, 3.05) is 0 Å². The summed E-state index contributed by atoms with van der Waals surface area (Å²) in [5.74, 6) is 0. The number of rotatable bonds is 2. The van der Waals surface area contributed by atoms with Crippen LogP contribution in [0.25, 0.3) is 0 Å². The molecule has 0 fully saturated rings. The van der Waals surface area contributed by atoms with E-state index in [9.17, 15) is 5.11 Å². The molecule has 1 aromatic carbocycles. The van der Waals surface area contributed by atoms with Gasteiger partial charge in [-0.25, -0.2) is 0 Å². The molecule has 1 aromatic heterocycles. The molecule has 0 bridgehead atoms. The summed E-state index contributed by atoms with van der Waals surface area (Å²) in [5.41, 5.74) is 3.26. The Balaban J connectivity index is 2.42. The standard InChI is InChI=1S/C13H12Br2OS/c1-7-3-4-8(2)9(5-7)12(16)11-6-10(14)13(15)17-11/h3-6,12,16H,1-2H3. The number of hydrogen-bond acceptors (Lipinski definition) is 2. The highest BCUT2D eigenvalue weighted by atomic mass is 79.9. The van der Waals surface area contributed by atoms with Crippen LogP contribution >= 0.6 is 43.2 Å². The number of halogens is 2. The van der Waals surface area contributed by atoms with E-state index in [0.717, 1.165) is 24.3 Å². The van der Waals surface area contributed by atoms with Gasteiger partial charge in [0.15, 0.2) is 0 Å². The first-order valence-corrected chi connectivity index (χ1v) is 7.59. The van der Waals surface area contributed by atoms with E-state index in [-0.39, 0.29) is 0 Å². The van der Waals surface area contributed by atoms with Gasteiger partial charge in [-0.05, 0) is 62.9 Å². The Morgan fingerprint density at radius 2 is 1.88 bits per heavy atom. The molecule has 1 unspecified atom stereocenters. The van der Waals surface area contributed by atoms with Crippen LogP contribution in [0.3, 0.4) is 0 Å². The predicted molar refractivity (Wildman–Crippen MR) is 79.7 cm³/mol. The molecule has 1 atom stereocenters. The van der Waals surface area contributed by atoms with E-state index in [1.165, 1.54) is 5.56 Å². The largest absolute Gasteiger partial charge is 0.383 e. The third-order valence-electron chi connectivity index (χ3n) is 2.66. The molecule has 0 amide bonds. The molecule has 90 valence electrons. The quantitative estimate of drug-likeness (QED) is 0.785. The number of thiophene rings is 1. The van der Waals surface area contributed by atoms with Crippen LogP contribution in [-0.2, 0) is 0 Å². The fourth-order valence-corrected chi connectivity index (χ4v) is 3.80. The van der Waals surface area contributed by atoms with Gasteiger partial charge < -0.3 is 5.11 Å². The molecule has 0 aliphatic rings. The van der Waals surface area contributed by atoms with Crippen molar-refractivity contribution < 1.29 is 5.11 Å². The van der Waals surface area contributed by atoms with E-state index >= 15 is 0 Å². The molecule has 2 aromatic rings. The lowest BCUT2D eigenvalue weighted by molar-refractivity contribution is 0.223. The first-order valence-electron chi connectivity index (χ1n) is 5.19. The van der Waals surface area contributed by atoms with Gasteiger partial charge in [0, 0.05) is 9.35 Å². The lowest BCUT2D eigenvalue weighted by Crippen LogP contribution is -2.00. The number of aryl methyl sites for hydroxylation is 2. The first kappa shape index (κ1) is 13.3. The molecule has 1 nitrogen and oxygen atoms in total. The van der Waals surface area contributed by atoms with Crippen molar-refractivity contribution in [2.24, 2.45) is 0 Å². The summed E-state index contributed by atoms with van der Waals surface area (Å²) in [5, 5.41) is 10.4. The van der Waals surface area contributed by atoms with Gasteiger partial charge in [-0.2, -0.15) is 0 Å². The highest BCUT2D eigenvalue weighted by Gasteiger charge is 2.16. The minimum Gasteiger partial charge on any atom is -0.383 e. The maximum atomic E-state index is 10.4. The van der Waals surface area contributed by atoms with Gasteiger partial charge in [0.25, 0.3) is 0 Å². The van der Waals surface area contributed by atoms with Crippen molar-refractivity contribution in [1.29, 1.82) is 0 Å². The number of hydrogen-bond donors (Lipinski definition) is 1. The van der Waals surface area contributed by atoms with Crippen LogP contribution in [0.2, 0.25) is 0 Å². The molecule has 0 aliphatic heterocycles. The fourth-order valence-electron chi connectivity index (χ4n) is 1.71. The average molecular weight is 376 g/mol. The maximum Gasteiger partial charge on any atom is 0.114 e. The van der Waals surface area contributed by atoms with E-state index in [1.807, 2.05) is 32.0 Å². The molecule has 0 spiro atoms. The summed E-state index contributed by atoms with van der Waals surface area (Å²) in [6.07, 6.45) is -0.553. The maximum absolute atomic E-state index is 10.4. The molecule has 0 saturated carbocycles. The molecule has 0 saturated heterocycles. The highest BCUT2D eigenvalue weighted by Crippen LogP contribution is 2.38. The van der Waals surface area contributed by atoms with E-state index in [2.05, 4.69) is 37.9 Å². The van der Waals surface area contributed by atoms with Crippen molar-refractivity contribution in [1.82, 2.24) is 0 Å². The summed E-state index contributed by atoms with van der Waals surface area (Å²) >= 11 is 8.44. The number of aliphatic hydroxyl groups is 1. The van der Waals surface area contributed by atoms with Crippen molar-refractivity contribution in [3.05, 3.63) is 54.1 Å². The highest BCUT2D eigenvalue weighted by molar-refractivity contribution is 9.13. The predicted octanol–water partition coefficient (Wildman–Crippen LogP) is 4.97. The Bertz CT molecular complexity index is 529. The van der Waals surface area contributed by atoms with E-state index in [1.54, 1.807) is 11.3 Å². The second-order valence-electron chi connectivity index (χ2n) is 4.03. The van der Waals surface area contributed by atoms with Crippen molar-refractivity contribution >= 4 is 43.2 Å². The van der Waals surface area contributed by atoms with E-state index in [0.29, 0.717) is 0 Å². The third kappa shape index (κ3) is 2.81. The van der Waals surface area contributed by atoms with Gasteiger partial charge in [0.1, 0.15) is 6.10 Å². The summed E-state index contributed by atoms with van der Waals surface area (Å²) in [6, 6.07) is 8.11. The molecule has 0 radical (unpaired) electrons. The third-order valence-corrected chi connectivity index (χ3v) is 5.97. The van der Waals surface area contributed by atoms with Gasteiger partial charge in [0.2, 0.25) is 0 Å². The average Bonchev–Trinajstić information content (AvgIpc) is 2.62. The van der Waals surface area contributed by atoms with Crippen molar-refractivity contribution in [3.8, 4) is 0 Å². The van der Waals surface area contributed by atoms with Gasteiger partial charge >= 0.3 is 0 Å². The van der Waals surface area contributed by atoms with E-state index in [4.69, 9.17) is 0 Å².